The van der Waals surface area contributed by atoms with Crippen LogP contribution >= 0.6 is 12.2 Å². The number of hydrogen-bond donors (Lipinski definition) is 4. The van der Waals surface area contributed by atoms with Gasteiger partial charge in [-0.3, -0.25) is 20.4 Å². The molecule has 0 heterocycles. The Morgan fingerprint density at radius 1 is 1.04 bits per heavy atom. The smallest absolute Gasteiger partial charge is 0.286 e. The topological polar surface area (TPSA) is 82.3 Å². The van der Waals surface area contributed by atoms with Crippen LogP contribution in [0.15, 0.2) is 54.2 Å². The van der Waals surface area contributed by atoms with Crippen molar-refractivity contribution in [2.45, 2.75) is 27.2 Å². The van der Waals surface area contributed by atoms with Gasteiger partial charge in [-0.05, 0) is 48.3 Å². The van der Waals surface area contributed by atoms with Gasteiger partial charge in [-0.25, -0.2) is 0 Å². The first-order valence-corrected chi connectivity index (χ1v) is 9.31. The lowest BCUT2D eigenvalue weighted by Gasteiger charge is -2.17. The van der Waals surface area contributed by atoms with Crippen LogP contribution < -0.4 is 21.5 Å². The molecule has 0 atom stereocenters. The van der Waals surface area contributed by atoms with E-state index in [-0.39, 0.29) is 16.7 Å². The van der Waals surface area contributed by atoms with E-state index >= 15 is 0 Å². The highest BCUT2D eigenvalue weighted by molar-refractivity contribution is 7.80. The fraction of sp³-hybridized carbons (Fsp3) is 0.190. The van der Waals surface area contributed by atoms with Crippen LogP contribution in [0.1, 0.15) is 30.5 Å². The molecule has 0 fully saturated rings. The Balaban J connectivity index is 2.05. The molecule has 0 aliphatic rings. The van der Waals surface area contributed by atoms with E-state index in [1.807, 2.05) is 55.5 Å². The van der Waals surface area contributed by atoms with Crippen LogP contribution in [0.5, 0.6) is 0 Å². The number of hydrazine groups is 1. The summed E-state index contributed by atoms with van der Waals surface area (Å²) in [6, 6.07) is 15.2. The quantitative estimate of drug-likeness (QED) is 0.355. The van der Waals surface area contributed by atoms with Gasteiger partial charge in [-0.2, -0.15) is 0 Å². The first-order valence-electron chi connectivity index (χ1n) is 8.91. The van der Waals surface area contributed by atoms with Crippen molar-refractivity contribution < 1.29 is 9.59 Å². The second kappa shape index (κ2) is 10.2. The SMILES string of the molecule is CCc1cccc(C)c1NC(=S)NNC(=O)/C(=C/c1ccccc1)NC(C)=O. The Morgan fingerprint density at radius 2 is 1.75 bits per heavy atom. The number of benzene rings is 2. The Morgan fingerprint density at radius 3 is 2.39 bits per heavy atom. The van der Waals surface area contributed by atoms with Gasteiger partial charge in [-0.15, -0.1) is 0 Å². The highest BCUT2D eigenvalue weighted by Gasteiger charge is 2.12. The molecular weight excluding hydrogens is 372 g/mol. The summed E-state index contributed by atoms with van der Waals surface area (Å²) in [5.74, 6) is -0.853. The van der Waals surface area contributed by atoms with Crippen LogP contribution in [0.25, 0.3) is 6.08 Å². The molecule has 0 saturated carbocycles. The van der Waals surface area contributed by atoms with Crippen LogP contribution in [0.2, 0.25) is 0 Å². The maximum absolute atomic E-state index is 12.5. The molecule has 7 heteroatoms. The summed E-state index contributed by atoms with van der Waals surface area (Å²) in [4.78, 5) is 23.9. The number of rotatable bonds is 5. The normalized spacial score (nSPS) is 10.8. The van der Waals surface area contributed by atoms with E-state index in [0.717, 1.165) is 28.8 Å². The summed E-state index contributed by atoms with van der Waals surface area (Å²) in [6.45, 7) is 5.39. The molecule has 4 N–H and O–H groups in total. The zero-order valence-electron chi connectivity index (χ0n) is 16.1. The lowest BCUT2D eigenvalue weighted by atomic mass is 10.1. The van der Waals surface area contributed by atoms with Gasteiger partial charge < -0.3 is 10.6 Å². The molecule has 2 aromatic carbocycles. The van der Waals surface area contributed by atoms with Crippen molar-refractivity contribution in [1.29, 1.82) is 0 Å². The van der Waals surface area contributed by atoms with Crippen LogP contribution in [-0.4, -0.2) is 16.9 Å². The van der Waals surface area contributed by atoms with E-state index in [4.69, 9.17) is 12.2 Å². The molecule has 2 rings (SSSR count). The van der Waals surface area contributed by atoms with E-state index in [1.54, 1.807) is 6.08 Å². The Kier molecular flexibility index (Phi) is 7.71. The first kappa shape index (κ1) is 21.1. The number of amides is 2. The van der Waals surface area contributed by atoms with Gasteiger partial charge in [0.2, 0.25) is 5.91 Å². The van der Waals surface area contributed by atoms with Crippen molar-refractivity contribution >= 4 is 40.9 Å². The molecule has 0 aromatic heterocycles. The number of hydrogen-bond acceptors (Lipinski definition) is 3. The molecule has 0 bridgehead atoms. The molecule has 0 aliphatic heterocycles. The highest BCUT2D eigenvalue weighted by Crippen LogP contribution is 2.20. The second-order valence-electron chi connectivity index (χ2n) is 6.15. The van der Waals surface area contributed by atoms with Crippen molar-refractivity contribution in [3.05, 3.63) is 70.9 Å². The molecule has 6 nitrogen and oxygen atoms in total. The van der Waals surface area contributed by atoms with Gasteiger partial charge in [-0.1, -0.05) is 55.5 Å². The number of carbonyl (C=O) groups excluding carboxylic acids is 2. The van der Waals surface area contributed by atoms with Crippen molar-refractivity contribution in [3.63, 3.8) is 0 Å². The minimum Gasteiger partial charge on any atom is -0.331 e. The summed E-state index contributed by atoms with van der Waals surface area (Å²) < 4.78 is 0. The Bertz CT molecular complexity index is 895. The molecule has 146 valence electrons. The molecule has 0 saturated heterocycles. The molecule has 28 heavy (non-hydrogen) atoms. The molecule has 0 spiro atoms. The van der Waals surface area contributed by atoms with Gasteiger partial charge in [0.25, 0.3) is 5.91 Å². The number of carbonyl (C=O) groups is 2. The second-order valence-corrected chi connectivity index (χ2v) is 6.55. The fourth-order valence-corrected chi connectivity index (χ4v) is 2.74. The lowest BCUT2D eigenvalue weighted by Crippen LogP contribution is -2.46. The first-order chi connectivity index (χ1) is 13.4. The van der Waals surface area contributed by atoms with Crippen molar-refractivity contribution in [3.8, 4) is 0 Å². The van der Waals surface area contributed by atoms with Crippen LogP contribution in [0.4, 0.5) is 5.69 Å². The summed E-state index contributed by atoms with van der Waals surface area (Å²) >= 11 is 5.28. The molecule has 0 aliphatic carbocycles. The number of aryl methyl sites for hydroxylation is 2. The lowest BCUT2D eigenvalue weighted by molar-refractivity contribution is -0.122. The van der Waals surface area contributed by atoms with Crippen molar-refractivity contribution in [2.24, 2.45) is 0 Å². The molecule has 2 amide bonds. The van der Waals surface area contributed by atoms with Crippen molar-refractivity contribution in [2.75, 3.05) is 5.32 Å². The third-order valence-electron chi connectivity index (χ3n) is 3.93. The minimum absolute atomic E-state index is 0.110. The standard InChI is InChI=1S/C21H24N4O2S/c1-4-17-12-8-9-14(2)19(17)23-21(28)25-24-20(27)18(22-15(3)26)13-16-10-6-5-7-11-16/h5-13H,4H2,1-3H3,(H,22,26)(H,24,27)(H2,23,25,28)/b18-13-. The van der Waals surface area contributed by atoms with Gasteiger partial charge in [0.15, 0.2) is 5.11 Å². The van der Waals surface area contributed by atoms with E-state index in [9.17, 15) is 9.59 Å². The van der Waals surface area contributed by atoms with Crippen LogP contribution in [-0.2, 0) is 16.0 Å². The average molecular weight is 397 g/mol. The molecule has 0 radical (unpaired) electrons. The third-order valence-corrected chi connectivity index (χ3v) is 4.14. The van der Waals surface area contributed by atoms with Gasteiger partial charge in [0, 0.05) is 12.6 Å². The predicted octanol–water partition coefficient (Wildman–Crippen LogP) is 3.05. The van der Waals surface area contributed by atoms with Crippen LogP contribution in [0.3, 0.4) is 0 Å². The number of para-hydroxylation sites is 1. The largest absolute Gasteiger partial charge is 0.331 e. The van der Waals surface area contributed by atoms with E-state index in [0.29, 0.717) is 0 Å². The zero-order valence-corrected chi connectivity index (χ0v) is 16.9. The predicted molar refractivity (Wildman–Crippen MR) is 116 cm³/mol. The van der Waals surface area contributed by atoms with Gasteiger partial charge >= 0.3 is 0 Å². The zero-order chi connectivity index (χ0) is 20.5. The highest BCUT2D eigenvalue weighted by atomic mass is 32.1. The number of nitrogens with one attached hydrogen (secondary N) is 4. The molecular formula is C21H24N4O2S. The van der Waals surface area contributed by atoms with Crippen LogP contribution in [0, 0.1) is 6.92 Å². The summed E-state index contributed by atoms with van der Waals surface area (Å²) in [6.07, 6.45) is 2.44. The Labute approximate surface area is 170 Å². The minimum atomic E-state index is -0.510. The Hall–Kier alpha value is -3.19. The maximum atomic E-state index is 12.5. The van der Waals surface area contributed by atoms with Gasteiger partial charge in [0.05, 0.1) is 0 Å². The fourth-order valence-electron chi connectivity index (χ4n) is 2.59. The summed E-state index contributed by atoms with van der Waals surface area (Å²) in [5, 5.41) is 5.90. The summed E-state index contributed by atoms with van der Waals surface area (Å²) in [7, 11) is 0. The monoisotopic (exact) mass is 396 g/mol. The molecule has 2 aromatic rings. The van der Waals surface area contributed by atoms with E-state index < -0.39 is 5.91 Å². The van der Waals surface area contributed by atoms with E-state index in [1.165, 1.54) is 6.92 Å². The number of thiocarbonyl (C=S) groups is 1. The average Bonchev–Trinajstić information content (AvgIpc) is 2.67. The maximum Gasteiger partial charge on any atom is 0.286 e. The van der Waals surface area contributed by atoms with Crippen molar-refractivity contribution in [1.82, 2.24) is 16.2 Å². The third kappa shape index (κ3) is 6.21. The summed E-state index contributed by atoms with van der Waals surface area (Å²) in [5.41, 5.74) is 9.18. The van der Waals surface area contributed by atoms with Gasteiger partial charge in [0.1, 0.15) is 5.70 Å². The number of anilines is 1. The van der Waals surface area contributed by atoms with E-state index in [2.05, 4.69) is 28.4 Å². The molecule has 0 unspecified atom stereocenters.